The van der Waals surface area contributed by atoms with E-state index in [1.807, 2.05) is 22.6 Å². The van der Waals surface area contributed by atoms with Gasteiger partial charge in [-0.25, -0.2) is 4.98 Å². The first-order valence-electron chi connectivity index (χ1n) is 5.93. The van der Waals surface area contributed by atoms with Gasteiger partial charge in [0, 0.05) is 0 Å². The average molecular weight is 396 g/mol. The maximum Gasteiger partial charge on any atom is 0.275 e. The Labute approximate surface area is 127 Å². The second kappa shape index (κ2) is 5.11. The van der Waals surface area contributed by atoms with Gasteiger partial charge in [-0.3, -0.25) is 9.36 Å². The van der Waals surface area contributed by atoms with Crippen LogP contribution in [-0.4, -0.2) is 59.9 Å². The van der Waals surface area contributed by atoms with Crippen LogP contribution in [0, 0.1) is 0 Å². The Hall–Kier alpha value is -0.950. The summed E-state index contributed by atoms with van der Waals surface area (Å²) in [4.78, 5) is 15.7. The largest absolute Gasteiger partial charge is 0.394 e. The standard InChI is InChI=1S/C10H13IN4O5/c11-10-13-7-4(8(19)14-10)12-2-15(7)9-6(18)5(17)3(1-16)20-9/h2-3,5-6,9-10,13,16-18H,1H2,(H,14,19)/t3-,5-,6-,9-,10?/m1/s1. The molecule has 0 radical (unpaired) electrons. The van der Waals surface area contributed by atoms with E-state index in [2.05, 4.69) is 15.6 Å². The molecule has 5 N–H and O–H groups in total. The zero-order valence-corrected chi connectivity index (χ0v) is 12.3. The van der Waals surface area contributed by atoms with E-state index in [1.165, 1.54) is 10.9 Å². The summed E-state index contributed by atoms with van der Waals surface area (Å²) in [5.41, 5.74) is 0.190. The SMILES string of the molecule is O=C1NC(I)Nc2c1ncn2[C@@H]1O[C@H](CO)[C@@H](O)[C@H]1O. The van der Waals surface area contributed by atoms with Gasteiger partial charge in [-0.15, -0.1) is 0 Å². The van der Waals surface area contributed by atoms with Crippen molar-refractivity contribution in [3.63, 3.8) is 0 Å². The fraction of sp³-hybridized carbons (Fsp3) is 0.600. The first kappa shape index (κ1) is 14.0. The Morgan fingerprint density at radius 3 is 2.80 bits per heavy atom. The molecular weight excluding hydrogens is 383 g/mol. The number of alkyl halides is 1. The van der Waals surface area contributed by atoms with E-state index in [-0.39, 0.29) is 15.8 Å². The number of anilines is 1. The smallest absolute Gasteiger partial charge is 0.275 e. The van der Waals surface area contributed by atoms with E-state index < -0.39 is 31.1 Å². The van der Waals surface area contributed by atoms with E-state index in [1.54, 1.807) is 0 Å². The van der Waals surface area contributed by atoms with Crippen LogP contribution in [0.4, 0.5) is 5.82 Å². The lowest BCUT2D eigenvalue weighted by atomic mass is 10.1. The predicted octanol–water partition coefficient (Wildman–Crippen LogP) is -1.63. The first-order valence-corrected chi connectivity index (χ1v) is 7.18. The van der Waals surface area contributed by atoms with Crippen LogP contribution in [0.1, 0.15) is 16.7 Å². The lowest BCUT2D eigenvalue weighted by Gasteiger charge is -2.25. The summed E-state index contributed by atoms with van der Waals surface area (Å²) in [6.45, 7) is -0.408. The molecule has 0 spiro atoms. The molecule has 2 aliphatic rings. The number of aromatic nitrogens is 2. The number of fused-ring (bicyclic) bond motifs is 1. The summed E-state index contributed by atoms with van der Waals surface area (Å²) in [6.07, 6.45) is -2.85. The summed E-state index contributed by atoms with van der Waals surface area (Å²) in [5.74, 6) is 0.0756. The first-order chi connectivity index (χ1) is 9.52. The highest BCUT2D eigenvalue weighted by atomic mass is 127. The van der Waals surface area contributed by atoms with Crippen LogP contribution in [0.2, 0.25) is 0 Å². The number of aliphatic hydroxyl groups is 3. The molecule has 9 nitrogen and oxygen atoms in total. The molecule has 1 fully saturated rings. The number of aliphatic hydroxyl groups excluding tert-OH is 3. The quantitative estimate of drug-likeness (QED) is 0.231. The summed E-state index contributed by atoms with van der Waals surface area (Å²) in [5, 5.41) is 34.5. The number of ether oxygens (including phenoxy) is 1. The molecule has 3 rings (SSSR count). The minimum Gasteiger partial charge on any atom is -0.394 e. The number of halogens is 1. The van der Waals surface area contributed by atoms with Crippen molar-refractivity contribution >= 4 is 34.3 Å². The number of hydrogen-bond acceptors (Lipinski definition) is 7. The Morgan fingerprint density at radius 2 is 2.15 bits per heavy atom. The number of hydrogen-bond donors (Lipinski definition) is 5. The third-order valence-electron chi connectivity index (χ3n) is 3.32. The normalized spacial score (nSPS) is 36.4. The molecule has 1 amide bonds. The maximum atomic E-state index is 11.8. The lowest BCUT2D eigenvalue weighted by Crippen LogP contribution is -2.42. The second-order valence-corrected chi connectivity index (χ2v) is 5.80. The fourth-order valence-corrected chi connectivity index (χ4v) is 2.89. The van der Waals surface area contributed by atoms with E-state index in [0.29, 0.717) is 5.82 Å². The molecule has 1 unspecified atom stereocenters. The Kier molecular flexibility index (Phi) is 3.58. The van der Waals surface area contributed by atoms with Crippen molar-refractivity contribution in [2.75, 3.05) is 11.9 Å². The van der Waals surface area contributed by atoms with Crippen LogP contribution in [0.15, 0.2) is 6.33 Å². The number of carbonyl (C=O) groups excluding carboxylic acids is 1. The van der Waals surface area contributed by atoms with E-state index >= 15 is 0 Å². The van der Waals surface area contributed by atoms with Crippen molar-refractivity contribution in [2.45, 2.75) is 28.7 Å². The third kappa shape index (κ3) is 2.07. The van der Waals surface area contributed by atoms with Crippen molar-refractivity contribution in [3.8, 4) is 0 Å². The lowest BCUT2D eigenvalue weighted by molar-refractivity contribution is -0.0519. The monoisotopic (exact) mass is 396 g/mol. The van der Waals surface area contributed by atoms with Crippen LogP contribution in [0.5, 0.6) is 0 Å². The topological polar surface area (TPSA) is 129 Å². The van der Waals surface area contributed by atoms with Gasteiger partial charge in [0.25, 0.3) is 5.91 Å². The summed E-state index contributed by atoms with van der Waals surface area (Å²) >= 11 is 1.99. The number of nitrogens with zero attached hydrogens (tertiary/aromatic N) is 2. The van der Waals surface area contributed by atoms with Gasteiger partial charge in [-0.2, -0.15) is 0 Å². The fourth-order valence-electron chi connectivity index (χ4n) is 2.31. The van der Waals surface area contributed by atoms with Gasteiger partial charge in [-0.1, -0.05) is 0 Å². The predicted molar refractivity (Wildman–Crippen MR) is 74.1 cm³/mol. The number of imidazole rings is 1. The third-order valence-corrected chi connectivity index (χ3v) is 3.94. The molecule has 1 saturated heterocycles. The van der Waals surface area contributed by atoms with Gasteiger partial charge < -0.3 is 30.7 Å². The molecule has 5 atom stereocenters. The molecule has 0 aliphatic carbocycles. The van der Waals surface area contributed by atoms with Gasteiger partial charge in [0.1, 0.15) is 24.1 Å². The maximum absolute atomic E-state index is 11.8. The summed E-state index contributed by atoms with van der Waals surface area (Å²) in [7, 11) is 0. The summed E-state index contributed by atoms with van der Waals surface area (Å²) < 4.78 is 6.54. The number of carbonyl (C=O) groups is 1. The van der Waals surface area contributed by atoms with E-state index in [9.17, 15) is 15.0 Å². The average Bonchev–Trinajstić information content (AvgIpc) is 2.93. The van der Waals surface area contributed by atoms with Gasteiger partial charge in [0.15, 0.2) is 16.1 Å². The Morgan fingerprint density at radius 1 is 1.40 bits per heavy atom. The second-order valence-electron chi connectivity index (χ2n) is 4.56. The zero-order valence-electron chi connectivity index (χ0n) is 10.1. The molecule has 0 bridgehead atoms. The highest BCUT2D eigenvalue weighted by Gasteiger charge is 2.45. The number of amides is 1. The van der Waals surface area contributed by atoms with Crippen LogP contribution >= 0.6 is 22.6 Å². The van der Waals surface area contributed by atoms with Crippen LogP contribution in [-0.2, 0) is 4.74 Å². The minimum atomic E-state index is -1.22. The molecule has 110 valence electrons. The van der Waals surface area contributed by atoms with Gasteiger partial charge >= 0.3 is 0 Å². The highest BCUT2D eigenvalue weighted by molar-refractivity contribution is 14.1. The van der Waals surface area contributed by atoms with Gasteiger partial charge in [0.05, 0.1) is 12.9 Å². The van der Waals surface area contributed by atoms with Gasteiger partial charge in [-0.05, 0) is 22.6 Å². The highest BCUT2D eigenvalue weighted by Crippen LogP contribution is 2.33. The minimum absolute atomic E-state index is 0.190. The molecule has 1 aromatic rings. The van der Waals surface area contributed by atoms with Crippen LogP contribution in [0.25, 0.3) is 0 Å². The molecule has 20 heavy (non-hydrogen) atoms. The van der Waals surface area contributed by atoms with Crippen molar-refractivity contribution < 1.29 is 24.9 Å². The molecule has 0 aromatic carbocycles. The summed E-state index contributed by atoms with van der Waals surface area (Å²) in [6, 6.07) is 0. The molecule has 10 heteroatoms. The Balaban J connectivity index is 1.94. The van der Waals surface area contributed by atoms with Gasteiger partial charge in [0.2, 0.25) is 0 Å². The van der Waals surface area contributed by atoms with Crippen molar-refractivity contribution in [1.82, 2.24) is 14.9 Å². The van der Waals surface area contributed by atoms with Crippen LogP contribution in [0.3, 0.4) is 0 Å². The van der Waals surface area contributed by atoms with Crippen LogP contribution < -0.4 is 10.6 Å². The molecule has 3 heterocycles. The Bertz CT molecular complexity index is 538. The van der Waals surface area contributed by atoms with Crippen molar-refractivity contribution in [3.05, 3.63) is 12.0 Å². The van der Waals surface area contributed by atoms with Crippen molar-refractivity contribution in [1.29, 1.82) is 0 Å². The van der Waals surface area contributed by atoms with E-state index in [4.69, 9.17) is 9.84 Å². The molecular formula is C10H13IN4O5. The van der Waals surface area contributed by atoms with Crippen molar-refractivity contribution in [2.24, 2.45) is 0 Å². The number of rotatable bonds is 2. The van der Waals surface area contributed by atoms with E-state index in [0.717, 1.165) is 0 Å². The molecule has 2 aliphatic heterocycles. The molecule has 1 aromatic heterocycles. The number of nitrogens with one attached hydrogen (secondary N) is 2. The molecule has 0 saturated carbocycles. The zero-order chi connectivity index (χ0) is 14.4.